The van der Waals surface area contributed by atoms with E-state index in [0.717, 1.165) is 6.42 Å². The van der Waals surface area contributed by atoms with Gasteiger partial charge in [0.1, 0.15) is 0 Å². The van der Waals surface area contributed by atoms with Crippen LogP contribution in [0.3, 0.4) is 0 Å². The summed E-state index contributed by atoms with van der Waals surface area (Å²) in [6.07, 6.45) is 0.875. The van der Waals surface area contributed by atoms with Gasteiger partial charge >= 0.3 is 5.97 Å². The zero-order chi connectivity index (χ0) is 10.2. The summed E-state index contributed by atoms with van der Waals surface area (Å²) < 4.78 is 4.23. The molecule has 0 fully saturated rings. The molecule has 0 spiro atoms. The predicted octanol–water partition coefficient (Wildman–Crippen LogP) is 0.319. The molecule has 0 aromatic rings. The summed E-state index contributed by atoms with van der Waals surface area (Å²) in [6, 6.07) is 0. The van der Waals surface area contributed by atoms with E-state index in [-0.39, 0.29) is 0 Å². The van der Waals surface area contributed by atoms with E-state index < -0.39 is 11.6 Å². The lowest BCUT2D eigenvalue weighted by molar-refractivity contribution is -0.158. The molecule has 0 aliphatic heterocycles. The topological polar surface area (TPSA) is 66.8 Å². The lowest BCUT2D eigenvalue weighted by Crippen LogP contribution is -2.31. The molecule has 4 heteroatoms. The maximum Gasteiger partial charge on any atom is 0.337 e. The van der Waals surface area contributed by atoms with Crippen LogP contribution in [-0.2, 0) is 9.53 Å². The molecule has 74 valence electrons. The molecule has 2 N–H and O–H groups in total. The molecule has 4 nitrogen and oxygen atoms in total. The van der Waals surface area contributed by atoms with Gasteiger partial charge in [0.25, 0.3) is 0 Å². The van der Waals surface area contributed by atoms with Crippen molar-refractivity contribution in [3.05, 3.63) is 0 Å². The highest BCUT2D eigenvalue weighted by Gasteiger charge is 2.23. The van der Waals surface area contributed by atoms with Gasteiger partial charge in [0.15, 0.2) is 5.60 Å². The molecule has 0 radical (unpaired) electrons. The Bertz CT molecular complexity index is 113. The quantitative estimate of drug-likeness (QED) is 0.597. The molecule has 0 heterocycles. The van der Waals surface area contributed by atoms with E-state index in [2.05, 4.69) is 4.74 Å². The Morgan fingerprint density at radius 3 is 1.83 bits per heavy atom. The smallest absolute Gasteiger partial charge is 0.337 e. The van der Waals surface area contributed by atoms with E-state index in [0.29, 0.717) is 6.61 Å². The first kappa shape index (κ1) is 13.9. The number of carbonyl (C=O) groups excluding carboxylic acids is 1. The van der Waals surface area contributed by atoms with Gasteiger partial charge in [-0.05, 0) is 20.3 Å². The minimum Gasteiger partial charge on any atom is -0.467 e. The largest absolute Gasteiger partial charge is 0.467 e. The molecule has 0 aromatic heterocycles. The summed E-state index contributed by atoms with van der Waals surface area (Å²) in [5.41, 5.74) is -1.35. The first-order valence-corrected chi connectivity index (χ1v) is 3.81. The van der Waals surface area contributed by atoms with Crippen LogP contribution in [0.5, 0.6) is 0 Å². The molecular formula is C8H18O4. The van der Waals surface area contributed by atoms with E-state index >= 15 is 0 Å². The van der Waals surface area contributed by atoms with Crippen LogP contribution in [0.15, 0.2) is 0 Å². The number of esters is 1. The third-order valence-corrected chi connectivity index (χ3v) is 0.909. The number of rotatable bonds is 2. The van der Waals surface area contributed by atoms with Gasteiger partial charge in [0.05, 0.1) is 7.11 Å². The van der Waals surface area contributed by atoms with Crippen molar-refractivity contribution in [1.82, 2.24) is 0 Å². The third-order valence-electron chi connectivity index (χ3n) is 0.909. The molecule has 0 rings (SSSR count). The third kappa shape index (κ3) is 9.39. The highest BCUT2D eigenvalue weighted by molar-refractivity contribution is 5.77. The first-order chi connectivity index (χ1) is 5.40. The van der Waals surface area contributed by atoms with Crippen LogP contribution in [0, 0.1) is 0 Å². The number of hydrogen-bond donors (Lipinski definition) is 2. The molecule has 0 aliphatic rings. The Balaban J connectivity index is 0. The van der Waals surface area contributed by atoms with Crippen LogP contribution in [0.25, 0.3) is 0 Å². The molecule has 0 atom stereocenters. The summed E-state index contributed by atoms with van der Waals surface area (Å²) in [5, 5.41) is 16.7. The zero-order valence-electron chi connectivity index (χ0n) is 8.13. The van der Waals surface area contributed by atoms with Gasteiger partial charge in [-0.3, -0.25) is 0 Å². The minimum atomic E-state index is -1.35. The fourth-order valence-corrected chi connectivity index (χ4v) is 0.250. The van der Waals surface area contributed by atoms with Crippen LogP contribution in [-0.4, -0.2) is 35.5 Å². The average molecular weight is 178 g/mol. The van der Waals surface area contributed by atoms with E-state index in [1.165, 1.54) is 21.0 Å². The van der Waals surface area contributed by atoms with Gasteiger partial charge in [-0.2, -0.15) is 0 Å². The number of carbonyl (C=O) groups is 1. The van der Waals surface area contributed by atoms with Crippen LogP contribution in [0.2, 0.25) is 0 Å². The summed E-state index contributed by atoms with van der Waals surface area (Å²) in [6.45, 7) is 5.00. The van der Waals surface area contributed by atoms with Crippen molar-refractivity contribution >= 4 is 5.97 Å². The second kappa shape index (κ2) is 7.06. The van der Waals surface area contributed by atoms with Crippen molar-refractivity contribution < 1.29 is 19.7 Å². The van der Waals surface area contributed by atoms with Crippen LogP contribution >= 0.6 is 0 Å². The summed E-state index contributed by atoms with van der Waals surface area (Å²) in [5.74, 6) is -0.613. The lowest BCUT2D eigenvalue weighted by Gasteiger charge is -2.12. The fourth-order valence-electron chi connectivity index (χ4n) is 0.250. The normalized spacial score (nSPS) is 9.83. The Morgan fingerprint density at radius 2 is 1.83 bits per heavy atom. The maximum atomic E-state index is 10.4. The van der Waals surface area contributed by atoms with Crippen molar-refractivity contribution in [3.63, 3.8) is 0 Å². The van der Waals surface area contributed by atoms with Gasteiger partial charge in [-0.15, -0.1) is 0 Å². The van der Waals surface area contributed by atoms with Crippen molar-refractivity contribution in [2.24, 2.45) is 0 Å². The van der Waals surface area contributed by atoms with Crippen molar-refractivity contribution in [3.8, 4) is 0 Å². The molecule has 0 aromatic carbocycles. The molecule has 12 heavy (non-hydrogen) atoms. The molecule has 0 amide bonds. The van der Waals surface area contributed by atoms with Crippen molar-refractivity contribution in [1.29, 1.82) is 0 Å². The van der Waals surface area contributed by atoms with E-state index in [9.17, 15) is 4.79 Å². The molecule has 0 saturated heterocycles. The molecule has 0 saturated carbocycles. The van der Waals surface area contributed by atoms with Crippen LogP contribution in [0.4, 0.5) is 0 Å². The second-order valence-corrected chi connectivity index (χ2v) is 2.77. The molecule has 0 bridgehead atoms. The highest BCUT2D eigenvalue weighted by atomic mass is 16.5. The summed E-state index contributed by atoms with van der Waals surface area (Å²) >= 11 is 0. The van der Waals surface area contributed by atoms with Crippen molar-refractivity contribution in [2.45, 2.75) is 32.8 Å². The number of aliphatic hydroxyl groups excluding tert-OH is 1. The molecular weight excluding hydrogens is 160 g/mol. The van der Waals surface area contributed by atoms with Gasteiger partial charge in [-0.1, -0.05) is 6.92 Å². The zero-order valence-corrected chi connectivity index (χ0v) is 8.13. The van der Waals surface area contributed by atoms with E-state index in [1.54, 1.807) is 0 Å². The van der Waals surface area contributed by atoms with Gasteiger partial charge in [-0.25, -0.2) is 4.79 Å². The number of ether oxygens (including phenoxy) is 1. The standard InChI is InChI=1S/C5H10O3.C3H8O/c1-5(2,7)4(6)8-3;1-2-3-4/h7H,1-3H3;4H,2-3H2,1H3. The number of methoxy groups -OCH3 is 1. The average Bonchev–Trinajstić information content (AvgIpc) is 2.02. The number of aliphatic hydroxyl groups is 2. The molecule has 0 aliphatic carbocycles. The molecule has 0 unspecified atom stereocenters. The number of hydrogen-bond acceptors (Lipinski definition) is 4. The monoisotopic (exact) mass is 178 g/mol. The lowest BCUT2D eigenvalue weighted by atomic mass is 10.1. The van der Waals surface area contributed by atoms with Gasteiger partial charge < -0.3 is 14.9 Å². The van der Waals surface area contributed by atoms with Crippen LogP contribution in [0.1, 0.15) is 27.2 Å². The maximum absolute atomic E-state index is 10.4. The van der Waals surface area contributed by atoms with E-state index in [1.807, 2.05) is 6.92 Å². The summed E-state index contributed by atoms with van der Waals surface area (Å²) in [7, 11) is 1.24. The van der Waals surface area contributed by atoms with Crippen LogP contribution < -0.4 is 0 Å². The Hall–Kier alpha value is -0.610. The Morgan fingerprint density at radius 1 is 1.50 bits per heavy atom. The minimum absolute atomic E-state index is 0.319. The first-order valence-electron chi connectivity index (χ1n) is 3.81. The SMILES string of the molecule is CCCO.COC(=O)C(C)(C)O. The summed E-state index contributed by atoms with van der Waals surface area (Å²) in [4.78, 5) is 10.4. The van der Waals surface area contributed by atoms with Crippen molar-refractivity contribution in [2.75, 3.05) is 13.7 Å². The Kier molecular flexibility index (Phi) is 8.21. The fraction of sp³-hybridized carbons (Fsp3) is 0.875. The highest BCUT2D eigenvalue weighted by Crippen LogP contribution is 2.01. The van der Waals surface area contributed by atoms with Gasteiger partial charge in [0.2, 0.25) is 0 Å². The van der Waals surface area contributed by atoms with E-state index in [4.69, 9.17) is 10.2 Å². The second-order valence-electron chi connectivity index (χ2n) is 2.77. The Labute approximate surface area is 73.2 Å². The predicted molar refractivity (Wildman–Crippen MR) is 45.7 cm³/mol. The van der Waals surface area contributed by atoms with Gasteiger partial charge in [0, 0.05) is 6.61 Å².